The number of aromatic nitrogens is 5. The van der Waals surface area contributed by atoms with Crippen LogP contribution in [0.1, 0.15) is 98.2 Å². The molecule has 0 bridgehead atoms. The van der Waals surface area contributed by atoms with E-state index < -0.39 is 78.3 Å². The molecule has 0 spiro atoms. The van der Waals surface area contributed by atoms with Crippen LogP contribution in [0.5, 0.6) is 11.5 Å². The molecule has 0 atom stereocenters. The molecular weight excluding hydrogens is 1020 g/mol. The van der Waals surface area contributed by atoms with E-state index >= 15 is 0 Å². The first-order valence-corrected chi connectivity index (χ1v) is 28.0. The number of benzene rings is 10. The molecule has 14 aromatic rings. The summed E-state index contributed by atoms with van der Waals surface area (Å²) >= 11 is 0. The third kappa shape index (κ3) is 9.32. The molecule has 14 rings (SSSR count). The van der Waals surface area contributed by atoms with Crippen molar-refractivity contribution in [3.05, 3.63) is 277 Å². The highest BCUT2D eigenvalue weighted by Crippen LogP contribution is 2.42. The summed E-state index contributed by atoms with van der Waals surface area (Å²) in [6, 6.07) is 45.3. The molecule has 0 saturated carbocycles. The number of nitrogens with zero attached hydrogens (tertiary/aromatic N) is 5. The Balaban J connectivity index is 0.951. The van der Waals surface area contributed by atoms with E-state index in [1.807, 2.05) is 149 Å². The first-order valence-electron chi connectivity index (χ1n) is 35.5. The Bertz CT molecular complexity index is 5600. The molecule has 0 aliphatic heterocycles. The Morgan fingerprint density at radius 1 is 0.476 bits per heavy atom. The summed E-state index contributed by atoms with van der Waals surface area (Å²) in [6.07, 6.45) is 3.30. The lowest BCUT2D eigenvalue weighted by Crippen LogP contribution is -2.31. The van der Waals surface area contributed by atoms with Gasteiger partial charge in [0.25, 0.3) is 6.33 Å². The molecule has 0 saturated heterocycles. The van der Waals surface area contributed by atoms with E-state index in [1.54, 1.807) is 30.5 Å². The SMILES string of the molecule is [2H]c1c([2H])c([2H])c(-c2cccc(-c3cc(C(C)(C)C)cc(C(C)(C)C)c3)c2-[n+]2[c-]n(-c3cccc(Oc4ccc5c6cc(-n7c8c([2H])c([2H])c([2H])c([2H])c8c8c([2H])c([2H])c([2H])c([2H])c87)ccc6n(-c6cc(C([2H])([2H])C(C)(C)c7ccccc7)ccn6)c5c4)c3)c3ccccc32)c([2H])c1[2H]. The van der Waals surface area contributed by atoms with Crippen molar-refractivity contribution in [3.8, 4) is 56.6 Å². The van der Waals surface area contributed by atoms with Gasteiger partial charge < -0.3 is 9.30 Å². The highest BCUT2D eigenvalue weighted by atomic mass is 16.5. The Hall–Kier alpha value is -9.78. The third-order valence-corrected chi connectivity index (χ3v) is 15.8. The van der Waals surface area contributed by atoms with Crippen molar-refractivity contribution in [1.29, 1.82) is 0 Å². The van der Waals surface area contributed by atoms with Gasteiger partial charge in [-0.05, 0) is 140 Å². The van der Waals surface area contributed by atoms with Crippen molar-refractivity contribution < 1.29 is 29.9 Å². The maximum Gasteiger partial charge on any atom is 0.269 e. The van der Waals surface area contributed by atoms with E-state index in [0.29, 0.717) is 72.8 Å². The van der Waals surface area contributed by atoms with Crippen molar-refractivity contribution in [2.24, 2.45) is 0 Å². The molecule has 0 radical (unpaired) electrons. The third-order valence-electron chi connectivity index (χ3n) is 15.8. The van der Waals surface area contributed by atoms with Gasteiger partial charge in [0.05, 0.1) is 62.3 Å². The normalized spacial score (nSPS) is 15.0. The minimum absolute atomic E-state index is 0.0264. The largest absolute Gasteiger partial charge is 0.458 e. The van der Waals surface area contributed by atoms with Crippen LogP contribution in [0.2, 0.25) is 0 Å². The van der Waals surface area contributed by atoms with E-state index in [4.69, 9.17) is 22.1 Å². The molecule has 84 heavy (non-hydrogen) atoms. The number of para-hydroxylation sites is 5. The molecule has 0 fully saturated rings. The van der Waals surface area contributed by atoms with E-state index in [0.717, 1.165) is 33.3 Å². The van der Waals surface area contributed by atoms with Gasteiger partial charge in [-0.1, -0.05) is 219 Å². The minimum Gasteiger partial charge on any atom is -0.458 e. The van der Waals surface area contributed by atoms with Crippen molar-refractivity contribution in [1.82, 2.24) is 18.7 Å². The first-order chi connectivity index (χ1) is 46.8. The molecule has 4 heterocycles. The van der Waals surface area contributed by atoms with E-state index in [1.165, 1.54) is 4.57 Å². The summed E-state index contributed by atoms with van der Waals surface area (Å²) in [6.45, 7) is 16.8. The maximum atomic E-state index is 9.78. The van der Waals surface area contributed by atoms with Gasteiger partial charge in [-0.25, -0.2) is 4.98 Å². The Morgan fingerprint density at radius 2 is 1.13 bits per heavy atom. The number of hydrogen-bond acceptors (Lipinski definition) is 2. The lowest BCUT2D eigenvalue weighted by Gasteiger charge is -2.27. The molecule has 6 nitrogen and oxygen atoms in total. The second kappa shape index (κ2) is 20.3. The van der Waals surface area contributed by atoms with Crippen molar-refractivity contribution in [2.75, 3.05) is 0 Å². The van der Waals surface area contributed by atoms with Crippen LogP contribution in [-0.2, 0) is 22.6 Å². The molecule has 6 heteroatoms. The topological polar surface area (TPSA) is 40.8 Å². The lowest BCUT2D eigenvalue weighted by molar-refractivity contribution is -0.571. The van der Waals surface area contributed by atoms with Crippen LogP contribution in [0.25, 0.3) is 99.8 Å². The number of pyridine rings is 1. The Morgan fingerprint density at radius 3 is 1.86 bits per heavy atom. The summed E-state index contributed by atoms with van der Waals surface area (Å²) in [5.74, 6) is 1.19. The Labute approximate surface area is 513 Å². The highest BCUT2D eigenvalue weighted by molar-refractivity contribution is 6.12. The minimum atomic E-state index is -1.94. The van der Waals surface area contributed by atoms with E-state index in [9.17, 15) is 8.22 Å². The first kappa shape index (κ1) is 38.1. The van der Waals surface area contributed by atoms with E-state index in [2.05, 4.69) is 66.1 Å². The van der Waals surface area contributed by atoms with Crippen molar-refractivity contribution in [2.45, 2.75) is 78.0 Å². The molecule has 4 aromatic heterocycles. The van der Waals surface area contributed by atoms with Crippen molar-refractivity contribution >= 4 is 54.6 Å². The number of rotatable bonds is 11. The molecule has 410 valence electrons. The summed E-state index contributed by atoms with van der Waals surface area (Å²) in [4.78, 5) is 4.91. The number of ether oxygens (including phenoxy) is 1. The second-order valence-electron chi connectivity index (χ2n) is 23.9. The molecule has 0 aliphatic carbocycles. The molecule has 0 N–H and O–H groups in total. The fourth-order valence-electron chi connectivity index (χ4n) is 11.5. The van der Waals surface area contributed by atoms with Crippen molar-refractivity contribution in [3.63, 3.8) is 0 Å². The van der Waals surface area contributed by atoms with Gasteiger partial charge >= 0.3 is 0 Å². The molecular formula is C78H67N5O. The Kier molecular flexibility index (Phi) is 9.19. The summed E-state index contributed by atoms with van der Waals surface area (Å²) < 4.78 is 150. The average molecular weight is 1110 g/mol. The summed E-state index contributed by atoms with van der Waals surface area (Å²) in [7, 11) is 0. The summed E-state index contributed by atoms with van der Waals surface area (Å²) in [5, 5.41) is 1.18. The zero-order valence-corrected chi connectivity index (χ0v) is 47.8. The number of hydrogen-bond donors (Lipinski definition) is 0. The molecule has 10 aromatic carbocycles. The lowest BCUT2D eigenvalue weighted by atomic mass is 9.78. The van der Waals surface area contributed by atoms with Crippen LogP contribution in [-0.4, -0.2) is 18.7 Å². The van der Waals surface area contributed by atoms with Gasteiger partial charge in [-0.15, -0.1) is 0 Å². The van der Waals surface area contributed by atoms with Gasteiger partial charge in [0.15, 0.2) is 0 Å². The van der Waals surface area contributed by atoms with Crippen LogP contribution in [0.3, 0.4) is 0 Å². The fourth-order valence-corrected chi connectivity index (χ4v) is 11.5. The van der Waals surface area contributed by atoms with Crippen LogP contribution in [0.4, 0.5) is 0 Å². The maximum absolute atomic E-state index is 9.78. The molecule has 0 unspecified atom stereocenters. The quantitative estimate of drug-likeness (QED) is 0.0957. The van der Waals surface area contributed by atoms with Crippen LogP contribution < -0.4 is 9.30 Å². The second-order valence-corrected chi connectivity index (χ2v) is 23.9. The highest BCUT2D eigenvalue weighted by Gasteiger charge is 2.26. The van der Waals surface area contributed by atoms with Crippen LogP contribution >= 0.6 is 0 Å². The van der Waals surface area contributed by atoms with Gasteiger partial charge in [0, 0.05) is 42.2 Å². The monoisotopic (exact) mass is 1100 g/mol. The fraction of sp³-hybridized carbons (Fsp3) is 0.154. The molecule has 0 amide bonds. The van der Waals surface area contributed by atoms with Gasteiger partial charge in [0.2, 0.25) is 0 Å². The van der Waals surface area contributed by atoms with Gasteiger partial charge in [-0.3, -0.25) is 13.7 Å². The standard InChI is InChI=1S/C78H67N5O/c1-76(2,3)56-44-54(45-57(46-56)77(4,5)6)63-32-22-31-62(53-23-11-9-12-24-53)75(63)81-51-80(71-35-19-20-36-72(71)81)58-27-21-28-60(47-58)84-61-38-39-66-67-48-59(82-68-33-17-15-29-64(68)65-30-16-18-34-69(65)82)37-40-70(67)83(73(66)49-61)74-43-52(41-42-79-74)50-78(7,8)55-25-13-10-14-26-55/h9-49H,50H2,1-8H3/i9D,11D,12D,15D,16D,17D,18D,23D,24D,29D,30D,33D,34D,50D2. The van der Waals surface area contributed by atoms with Gasteiger partial charge in [-0.2, -0.15) is 0 Å². The van der Waals surface area contributed by atoms with E-state index in [-0.39, 0.29) is 50.3 Å². The number of imidazole rings is 1. The smallest absolute Gasteiger partial charge is 0.269 e. The van der Waals surface area contributed by atoms with Gasteiger partial charge in [0.1, 0.15) is 17.3 Å². The average Bonchev–Trinajstić information content (AvgIpc) is 1.56. The predicted molar refractivity (Wildman–Crippen MR) is 348 cm³/mol. The zero-order valence-electron chi connectivity index (χ0n) is 62.8. The summed E-state index contributed by atoms with van der Waals surface area (Å²) in [5.41, 5.74) is 7.98. The molecule has 0 aliphatic rings. The van der Waals surface area contributed by atoms with Crippen LogP contribution in [0.15, 0.2) is 249 Å². The zero-order chi connectivity index (χ0) is 70.6. The van der Waals surface area contributed by atoms with Crippen LogP contribution in [0, 0.1) is 6.33 Å². The number of fused-ring (bicyclic) bond motifs is 7. The predicted octanol–water partition coefficient (Wildman–Crippen LogP) is 19.5.